The molecule has 2 aliphatic heterocycles. The smallest absolute Gasteiger partial charge is 0.240 e. The number of aromatic nitrogens is 2. The number of unbranched alkanes of at least 4 members (excludes halogenated alkanes) is 1. The lowest BCUT2D eigenvalue weighted by Gasteiger charge is -2.34. The van der Waals surface area contributed by atoms with Crippen LogP contribution < -0.4 is 16.0 Å². The molecule has 4 rings (SSSR count). The molecule has 3 heterocycles. The first kappa shape index (κ1) is 21.2. The fraction of sp³-hybridized carbons (Fsp3) is 0.545. The van der Waals surface area contributed by atoms with E-state index >= 15 is 0 Å². The average Bonchev–Trinajstić information content (AvgIpc) is 3.49. The Balaban J connectivity index is 1.24. The SMILES string of the molecule is NC(CCCC[C@H]1CN(c2nccn2-c2ccccc2)CCN1)C(=O)N1CCSC1. The van der Waals surface area contributed by atoms with Crippen LogP contribution in [0.5, 0.6) is 0 Å². The summed E-state index contributed by atoms with van der Waals surface area (Å²) in [5, 5.41) is 3.64. The second-order valence-electron chi connectivity index (χ2n) is 8.06. The van der Waals surface area contributed by atoms with Crippen LogP contribution in [0.2, 0.25) is 0 Å². The molecule has 3 N–H and O–H groups in total. The van der Waals surface area contributed by atoms with Gasteiger partial charge in [0.2, 0.25) is 11.9 Å². The maximum Gasteiger partial charge on any atom is 0.240 e. The van der Waals surface area contributed by atoms with E-state index in [4.69, 9.17) is 5.73 Å². The second kappa shape index (κ2) is 10.3. The summed E-state index contributed by atoms with van der Waals surface area (Å²) in [4.78, 5) is 21.2. The van der Waals surface area contributed by atoms with Crippen molar-refractivity contribution in [1.29, 1.82) is 0 Å². The van der Waals surface area contributed by atoms with Gasteiger partial charge in [-0.1, -0.05) is 31.0 Å². The molecule has 1 amide bonds. The van der Waals surface area contributed by atoms with Gasteiger partial charge in [0, 0.05) is 56.1 Å². The van der Waals surface area contributed by atoms with Gasteiger partial charge in [0.25, 0.3) is 0 Å². The summed E-state index contributed by atoms with van der Waals surface area (Å²) < 4.78 is 2.16. The molecule has 8 heteroatoms. The molecule has 1 aromatic heterocycles. The number of nitrogens with zero attached hydrogens (tertiary/aromatic N) is 4. The van der Waals surface area contributed by atoms with Crippen molar-refractivity contribution < 1.29 is 4.79 Å². The summed E-state index contributed by atoms with van der Waals surface area (Å²) in [6.07, 6.45) is 7.83. The van der Waals surface area contributed by atoms with Crippen LogP contribution in [0.1, 0.15) is 25.7 Å². The van der Waals surface area contributed by atoms with Crippen molar-refractivity contribution in [3.63, 3.8) is 0 Å². The Kier molecular flexibility index (Phi) is 7.30. The molecule has 7 nitrogen and oxygen atoms in total. The Hall–Kier alpha value is -2.03. The van der Waals surface area contributed by atoms with Crippen LogP contribution in [-0.4, -0.2) is 70.3 Å². The summed E-state index contributed by atoms with van der Waals surface area (Å²) >= 11 is 1.80. The minimum atomic E-state index is -0.349. The van der Waals surface area contributed by atoms with Crippen molar-refractivity contribution in [2.75, 3.05) is 42.7 Å². The van der Waals surface area contributed by atoms with Gasteiger partial charge in [0.05, 0.1) is 11.9 Å². The van der Waals surface area contributed by atoms with Gasteiger partial charge in [-0.05, 0) is 25.0 Å². The first-order chi connectivity index (χ1) is 14.7. The Morgan fingerprint density at radius 1 is 1.27 bits per heavy atom. The lowest BCUT2D eigenvalue weighted by Crippen LogP contribution is -2.51. The number of carbonyl (C=O) groups is 1. The number of hydrogen-bond donors (Lipinski definition) is 2. The molecular weight excluding hydrogens is 396 g/mol. The molecule has 2 aromatic rings. The quantitative estimate of drug-likeness (QED) is 0.627. The average molecular weight is 429 g/mol. The topological polar surface area (TPSA) is 79.4 Å². The molecule has 0 aliphatic carbocycles. The number of carbonyl (C=O) groups excluding carboxylic acids is 1. The van der Waals surface area contributed by atoms with Crippen molar-refractivity contribution in [1.82, 2.24) is 19.8 Å². The van der Waals surface area contributed by atoms with Gasteiger partial charge in [-0.3, -0.25) is 9.36 Å². The van der Waals surface area contributed by atoms with Crippen LogP contribution in [0, 0.1) is 0 Å². The molecule has 2 aliphatic rings. The molecule has 2 saturated heterocycles. The zero-order chi connectivity index (χ0) is 20.8. The van der Waals surface area contributed by atoms with Gasteiger partial charge in [-0.25, -0.2) is 4.98 Å². The van der Waals surface area contributed by atoms with E-state index in [1.54, 1.807) is 11.8 Å². The van der Waals surface area contributed by atoms with Gasteiger partial charge in [-0.2, -0.15) is 0 Å². The lowest BCUT2D eigenvalue weighted by atomic mass is 10.0. The van der Waals surface area contributed by atoms with Crippen molar-refractivity contribution >= 4 is 23.6 Å². The summed E-state index contributed by atoms with van der Waals surface area (Å²) in [7, 11) is 0. The standard InChI is InChI=1S/C22H32N6OS/c23-20(21(29)27-14-15-30-17-27)9-5-4-6-18-16-26(12-10-24-18)22-25-11-13-28(22)19-7-2-1-3-8-19/h1-3,7-8,11,13,18,20,24H,4-6,9-10,12,14-17,23H2/t18-,20?/m0/s1. The second-order valence-corrected chi connectivity index (χ2v) is 9.13. The highest BCUT2D eigenvalue weighted by Crippen LogP contribution is 2.21. The normalized spacial score (nSPS) is 20.5. The number of nitrogens with two attached hydrogens (primary N) is 1. The number of thioether (sulfide) groups is 1. The number of imidazole rings is 1. The third kappa shape index (κ3) is 5.17. The monoisotopic (exact) mass is 428 g/mol. The van der Waals surface area contributed by atoms with E-state index in [2.05, 4.69) is 44.0 Å². The van der Waals surface area contributed by atoms with E-state index in [-0.39, 0.29) is 11.9 Å². The molecule has 2 fully saturated rings. The van der Waals surface area contributed by atoms with Crippen molar-refractivity contribution in [3.8, 4) is 5.69 Å². The van der Waals surface area contributed by atoms with Crippen molar-refractivity contribution in [2.45, 2.75) is 37.8 Å². The maximum atomic E-state index is 12.3. The highest BCUT2D eigenvalue weighted by atomic mass is 32.2. The first-order valence-corrected chi connectivity index (χ1v) is 12.1. The third-order valence-electron chi connectivity index (χ3n) is 5.89. The number of hydrogen-bond acceptors (Lipinski definition) is 6. The maximum absolute atomic E-state index is 12.3. The zero-order valence-corrected chi connectivity index (χ0v) is 18.3. The molecule has 0 spiro atoms. The number of amides is 1. The summed E-state index contributed by atoms with van der Waals surface area (Å²) in [6.45, 7) is 3.70. The Bertz CT molecular complexity index is 807. The Morgan fingerprint density at radius 2 is 2.13 bits per heavy atom. The molecule has 30 heavy (non-hydrogen) atoms. The fourth-order valence-corrected chi connectivity index (χ4v) is 5.18. The molecule has 162 valence electrons. The van der Waals surface area contributed by atoms with Gasteiger partial charge < -0.3 is 20.9 Å². The Morgan fingerprint density at radius 3 is 2.93 bits per heavy atom. The summed E-state index contributed by atoms with van der Waals surface area (Å²) in [6, 6.07) is 10.4. The van der Waals surface area contributed by atoms with E-state index in [1.165, 1.54) is 0 Å². The molecular formula is C22H32N6OS. The predicted molar refractivity (Wildman–Crippen MR) is 123 cm³/mol. The van der Waals surface area contributed by atoms with E-state index in [0.29, 0.717) is 6.04 Å². The minimum absolute atomic E-state index is 0.120. The Labute approximate surface area is 183 Å². The molecule has 2 atom stereocenters. The van der Waals surface area contributed by atoms with Gasteiger partial charge in [0.15, 0.2) is 0 Å². The van der Waals surface area contributed by atoms with Gasteiger partial charge in [-0.15, -0.1) is 11.8 Å². The number of rotatable bonds is 8. The van der Waals surface area contributed by atoms with Gasteiger partial charge >= 0.3 is 0 Å². The molecule has 1 aromatic carbocycles. The molecule has 0 radical (unpaired) electrons. The summed E-state index contributed by atoms with van der Waals surface area (Å²) in [5.41, 5.74) is 7.27. The minimum Gasteiger partial charge on any atom is -0.339 e. The van der Waals surface area contributed by atoms with E-state index < -0.39 is 0 Å². The zero-order valence-electron chi connectivity index (χ0n) is 17.4. The number of benzene rings is 1. The van der Waals surface area contributed by atoms with Crippen LogP contribution in [0.4, 0.5) is 5.95 Å². The van der Waals surface area contributed by atoms with Crippen molar-refractivity contribution in [2.24, 2.45) is 5.73 Å². The lowest BCUT2D eigenvalue weighted by molar-refractivity contribution is -0.131. The highest BCUT2D eigenvalue weighted by molar-refractivity contribution is 7.99. The van der Waals surface area contributed by atoms with Crippen LogP contribution >= 0.6 is 11.8 Å². The van der Waals surface area contributed by atoms with Crippen LogP contribution in [0.15, 0.2) is 42.7 Å². The number of anilines is 1. The number of piperazine rings is 1. The van der Waals surface area contributed by atoms with Crippen LogP contribution in [-0.2, 0) is 4.79 Å². The number of para-hydroxylation sites is 1. The van der Waals surface area contributed by atoms with Crippen LogP contribution in [0.3, 0.4) is 0 Å². The first-order valence-electron chi connectivity index (χ1n) is 10.9. The van der Waals surface area contributed by atoms with Crippen molar-refractivity contribution in [3.05, 3.63) is 42.7 Å². The highest BCUT2D eigenvalue weighted by Gasteiger charge is 2.25. The number of nitrogens with one attached hydrogen (secondary N) is 1. The van der Waals surface area contributed by atoms with Gasteiger partial charge in [0.1, 0.15) is 0 Å². The molecule has 0 bridgehead atoms. The van der Waals surface area contributed by atoms with E-state index in [0.717, 1.165) is 75.1 Å². The summed E-state index contributed by atoms with van der Waals surface area (Å²) in [5.74, 6) is 2.95. The third-order valence-corrected chi connectivity index (χ3v) is 6.86. The van der Waals surface area contributed by atoms with Crippen LogP contribution in [0.25, 0.3) is 5.69 Å². The molecule has 0 saturated carbocycles. The fourth-order valence-electron chi connectivity index (χ4n) is 4.22. The van der Waals surface area contributed by atoms with E-state index in [9.17, 15) is 4.79 Å². The largest absolute Gasteiger partial charge is 0.339 e. The molecule has 1 unspecified atom stereocenters. The van der Waals surface area contributed by atoms with E-state index in [1.807, 2.05) is 23.4 Å². The predicted octanol–water partition coefficient (Wildman–Crippen LogP) is 2.07.